The molecule has 0 aliphatic carbocycles. The van der Waals surface area contributed by atoms with Gasteiger partial charge in [0.15, 0.2) is 5.78 Å². The van der Waals surface area contributed by atoms with Crippen LogP contribution in [-0.2, 0) is 0 Å². The molecule has 0 aromatic heterocycles. The van der Waals surface area contributed by atoms with Crippen molar-refractivity contribution in [2.75, 3.05) is 12.9 Å². The highest BCUT2D eigenvalue weighted by atomic mass is 35.5. The predicted molar refractivity (Wildman–Crippen MR) is 79.5 cm³/mol. The van der Waals surface area contributed by atoms with Crippen LogP contribution in [0.1, 0.15) is 10.4 Å². The van der Waals surface area contributed by atoms with Crippen molar-refractivity contribution in [3.63, 3.8) is 0 Å². The fourth-order valence-electron chi connectivity index (χ4n) is 1.59. The van der Waals surface area contributed by atoms with Crippen molar-refractivity contribution in [2.45, 2.75) is 4.90 Å². The molecule has 0 unspecified atom stereocenters. The number of hydrogen-bond donors (Lipinski definition) is 0. The van der Waals surface area contributed by atoms with Crippen LogP contribution in [0.2, 0.25) is 5.02 Å². The first-order valence-electron chi connectivity index (χ1n) is 5.75. The second-order valence-corrected chi connectivity index (χ2v) is 5.33. The van der Waals surface area contributed by atoms with E-state index in [4.69, 9.17) is 16.3 Å². The van der Waals surface area contributed by atoms with E-state index in [9.17, 15) is 4.79 Å². The van der Waals surface area contributed by atoms with Gasteiger partial charge in [0.05, 0.1) is 17.9 Å². The number of thioether (sulfide) groups is 1. The minimum absolute atomic E-state index is 0.0541. The van der Waals surface area contributed by atoms with Crippen LogP contribution in [0.4, 0.5) is 0 Å². The van der Waals surface area contributed by atoms with Gasteiger partial charge in [-0.3, -0.25) is 4.79 Å². The van der Waals surface area contributed by atoms with E-state index in [1.165, 1.54) is 11.8 Å². The summed E-state index contributed by atoms with van der Waals surface area (Å²) < 4.78 is 5.06. The van der Waals surface area contributed by atoms with E-state index in [1.54, 1.807) is 25.3 Å². The molecule has 0 saturated carbocycles. The van der Waals surface area contributed by atoms with E-state index in [2.05, 4.69) is 0 Å². The van der Waals surface area contributed by atoms with E-state index >= 15 is 0 Å². The number of methoxy groups -OCH3 is 1. The molecule has 0 spiro atoms. The molecule has 0 bridgehead atoms. The summed E-state index contributed by atoms with van der Waals surface area (Å²) in [5.41, 5.74) is 0.606. The summed E-state index contributed by atoms with van der Waals surface area (Å²) in [5, 5.41) is 0.457. The summed E-state index contributed by atoms with van der Waals surface area (Å²) in [6.45, 7) is 0. The van der Waals surface area contributed by atoms with Crippen LogP contribution in [-0.4, -0.2) is 18.6 Å². The molecular weight excluding hydrogens is 280 g/mol. The average Bonchev–Trinajstić information content (AvgIpc) is 2.45. The smallest absolute Gasteiger partial charge is 0.173 e. The van der Waals surface area contributed by atoms with Gasteiger partial charge in [0.25, 0.3) is 0 Å². The molecule has 2 aromatic rings. The molecule has 98 valence electrons. The molecule has 0 radical (unpaired) electrons. The minimum atomic E-state index is 0.0541. The molecule has 0 aliphatic heterocycles. The third-order valence-corrected chi connectivity index (χ3v) is 3.89. The number of Topliss-reactive ketones (excluding diaryl/α,β-unsaturated/α-hetero) is 1. The Morgan fingerprint density at radius 3 is 2.58 bits per heavy atom. The Kier molecular flexibility index (Phi) is 4.88. The number of carbonyl (C=O) groups is 1. The van der Waals surface area contributed by atoms with E-state index in [1.807, 2.05) is 30.3 Å². The summed E-state index contributed by atoms with van der Waals surface area (Å²) in [4.78, 5) is 13.1. The van der Waals surface area contributed by atoms with Crippen molar-refractivity contribution < 1.29 is 9.53 Å². The second-order valence-electron chi connectivity index (χ2n) is 3.87. The lowest BCUT2D eigenvalue weighted by atomic mass is 10.1. The predicted octanol–water partition coefficient (Wildman–Crippen LogP) is 4.32. The molecule has 2 aromatic carbocycles. The van der Waals surface area contributed by atoms with Gasteiger partial charge in [0.1, 0.15) is 5.75 Å². The molecule has 2 rings (SSSR count). The van der Waals surface area contributed by atoms with Crippen LogP contribution in [0.15, 0.2) is 53.4 Å². The van der Waals surface area contributed by atoms with E-state index in [0.717, 1.165) is 4.90 Å². The Morgan fingerprint density at radius 1 is 1.21 bits per heavy atom. The first kappa shape index (κ1) is 14.0. The third-order valence-electron chi connectivity index (χ3n) is 2.59. The zero-order valence-corrected chi connectivity index (χ0v) is 12.0. The highest BCUT2D eigenvalue weighted by molar-refractivity contribution is 8.00. The van der Waals surface area contributed by atoms with Crippen LogP contribution in [0, 0.1) is 0 Å². The lowest BCUT2D eigenvalue weighted by Crippen LogP contribution is -2.02. The maximum absolute atomic E-state index is 12.0. The van der Waals surface area contributed by atoms with Gasteiger partial charge in [-0.05, 0) is 30.3 Å². The van der Waals surface area contributed by atoms with Gasteiger partial charge >= 0.3 is 0 Å². The lowest BCUT2D eigenvalue weighted by Gasteiger charge is -2.05. The zero-order chi connectivity index (χ0) is 13.7. The van der Waals surface area contributed by atoms with Gasteiger partial charge in [0, 0.05) is 10.5 Å². The Bertz CT molecular complexity index is 570. The fraction of sp³-hybridized carbons (Fsp3) is 0.133. The summed E-state index contributed by atoms with van der Waals surface area (Å²) in [7, 11) is 1.55. The molecule has 19 heavy (non-hydrogen) atoms. The number of halogens is 1. The van der Waals surface area contributed by atoms with Crippen LogP contribution in [0.3, 0.4) is 0 Å². The number of ketones is 1. The van der Waals surface area contributed by atoms with Crippen molar-refractivity contribution in [3.05, 3.63) is 59.1 Å². The lowest BCUT2D eigenvalue weighted by molar-refractivity contribution is 0.102. The summed E-state index contributed by atoms with van der Waals surface area (Å²) in [6.07, 6.45) is 0. The van der Waals surface area contributed by atoms with Crippen LogP contribution in [0.5, 0.6) is 5.75 Å². The molecule has 4 heteroatoms. The van der Waals surface area contributed by atoms with Gasteiger partial charge in [-0.15, -0.1) is 11.8 Å². The van der Waals surface area contributed by atoms with E-state index in [-0.39, 0.29) is 5.78 Å². The third kappa shape index (κ3) is 3.75. The number of carbonyl (C=O) groups excluding carboxylic acids is 1. The quantitative estimate of drug-likeness (QED) is 0.606. The topological polar surface area (TPSA) is 26.3 Å². The molecule has 0 saturated heterocycles. The average molecular weight is 293 g/mol. The Hall–Kier alpha value is -1.45. The summed E-state index contributed by atoms with van der Waals surface area (Å²) in [5.74, 6) is 1.03. The molecule has 0 heterocycles. The Morgan fingerprint density at radius 2 is 1.95 bits per heavy atom. The maximum atomic E-state index is 12.0. The van der Waals surface area contributed by atoms with E-state index in [0.29, 0.717) is 22.1 Å². The number of hydrogen-bond acceptors (Lipinski definition) is 3. The largest absolute Gasteiger partial charge is 0.495 e. The molecule has 0 fully saturated rings. The molecule has 0 amide bonds. The van der Waals surface area contributed by atoms with Crippen molar-refractivity contribution in [3.8, 4) is 5.75 Å². The van der Waals surface area contributed by atoms with Crippen LogP contribution < -0.4 is 4.74 Å². The fourth-order valence-corrected chi connectivity index (χ4v) is 2.66. The Balaban J connectivity index is 2.02. The van der Waals surface area contributed by atoms with Crippen molar-refractivity contribution in [1.82, 2.24) is 0 Å². The minimum Gasteiger partial charge on any atom is -0.495 e. The SMILES string of the molecule is COc1ccc(C(=O)CSc2ccccc2)cc1Cl. The number of rotatable bonds is 5. The zero-order valence-electron chi connectivity index (χ0n) is 10.4. The monoisotopic (exact) mass is 292 g/mol. The second kappa shape index (κ2) is 6.64. The van der Waals surface area contributed by atoms with Gasteiger partial charge < -0.3 is 4.74 Å². The summed E-state index contributed by atoms with van der Waals surface area (Å²) >= 11 is 7.52. The van der Waals surface area contributed by atoms with Gasteiger partial charge in [-0.2, -0.15) is 0 Å². The molecule has 2 nitrogen and oxygen atoms in total. The molecule has 0 atom stereocenters. The van der Waals surface area contributed by atoms with Gasteiger partial charge in [-0.25, -0.2) is 0 Å². The summed E-state index contributed by atoms with van der Waals surface area (Å²) in [6, 6.07) is 14.9. The normalized spacial score (nSPS) is 10.2. The van der Waals surface area contributed by atoms with Crippen molar-refractivity contribution in [2.24, 2.45) is 0 Å². The first-order valence-corrected chi connectivity index (χ1v) is 7.11. The van der Waals surface area contributed by atoms with Gasteiger partial charge in [-0.1, -0.05) is 29.8 Å². The standard InChI is InChI=1S/C15H13ClO2S/c1-18-15-8-7-11(9-13(15)16)14(17)10-19-12-5-3-2-4-6-12/h2-9H,10H2,1H3. The number of benzene rings is 2. The number of ether oxygens (including phenoxy) is 1. The first-order chi connectivity index (χ1) is 9.20. The molecular formula is C15H13ClO2S. The van der Waals surface area contributed by atoms with Crippen molar-refractivity contribution >= 4 is 29.1 Å². The van der Waals surface area contributed by atoms with Gasteiger partial charge in [0.2, 0.25) is 0 Å². The van der Waals surface area contributed by atoms with Crippen LogP contribution >= 0.6 is 23.4 Å². The highest BCUT2D eigenvalue weighted by Gasteiger charge is 2.09. The van der Waals surface area contributed by atoms with Crippen molar-refractivity contribution in [1.29, 1.82) is 0 Å². The molecule has 0 N–H and O–H groups in total. The highest BCUT2D eigenvalue weighted by Crippen LogP contribution is 2.26. The van der Waals surface area contributed by atoms with Crippen LogP contribution in [0.25, 0.3) is 0 Å². The Labute approximate surface area is 121 Å². The van der Waals surface area contributed by atoms with E-state index < -0.39 is 0 Å². The maximum Gasteiger partial charge on any atom is 0.173 e. The molecule has 0 aliphatic rings.